The van der Waals surface area contributed by atoms with Crippen LogP contribution in [0.1, 0.15) is 28.1 Å². The van der Waals surface area contributed by atoms with Crippen LogP contribution in [0.15, 0.2) is 65.9 Å². The standard InChI is InChI=1S/C22H27N5/c1-17-7-9-19(10-8-17)14-25-22(23-3)26-15-20-5-4-6-21(13-20)16-27-12-11-24-18(27)2/h4-13H,14-16H2,1-3H3,(H2,23,25,26). The van der Waals surface area contributed by atoms with Crippen LogP contribution in [0.25, 0.3) is 0 Å². The fourth-order valence-electron chi connectivity index (χ4n) is 2.90. The van der Waals surface area contributed by atoms with E-state index in [9.17, 15) is 0 Å². The summed E-state index contributed by atoms with van der Waals surface area (Å²) in [6.07, 6.45) is 3.85. The summed E-state index contributed by atoms with van der Waals surface area (Å²) in [5, 5.41) is 6.74. The number of aryl methyl sites for hydroxylation is 2. The van der Waals surface area contributed by atoms with E-state index in [1.807, 2.05) is 19.3 Å². The summed E-state index contributed by atoms with van der Waals surface area (Å²) in [5.41, 5.74) is 5.00. The Bertz CT molecular complexity index is 893. The Hall–Kier alpha value is -3.08. The van der Waals surface area contributed by atoms with Crippen LogP contribution in [-0.4, -0.2) is 22.6 Å². The van der Waals surface area contributed by atoms with E-state index in [0.717, 1.165) is 31.4 Å². The van der Waals surface area contributed by atoms with Crippen molar-refractivity contribution < 1.29 is 0 Å². The van der Waals surface area contributed by atoms with Gasteiger partial charge in [0, 0.05) is 39.1 Å². The normalized spacial score (nSPS) is 11.4. The van der Waals surface area contributed by atoms with Crippen LogP contribution in [0.2, 0.25) is 0 Å². The number of hydrogen-bond acceptors (Lipinski definition) is 2. The molecule has 1 aromatic heterocycles. The molecular formula is C22H27N5. The van der Waals surface area contributed by atoms with Gasteiger partial charge in [0.05, 0.1) is 0 Å². The quantitative estimate of drug-likeness (QED) is 0.522. The van der Waals surface area contributed by atoms with E-state index < -0.39 is 0 Å². The van der Waals surface area contributed by atoms with Crippen molar-refractivity contribution in [1.29, 1.82) is 0 Å². The molecule has 3 rings (SSSR count). The molecular weight excluding hydrogens is 334 g/mol. The average molecular weight is 361 g/mol. The molecule has 27 heavy (non-hydrogen) atoms. The molecule has 0 unspecified atom stereocenters. The molecule has 0 aliphatic heterocycles. The number of guanidine groups is 1. The highest BCUT2D eigenvalue weighted by molar-refractivity contribution is 5.79. The van der Waals surface area contributed by atoms with Gasteiger partial charge in [-0.2, -0.15) is 0 Å². The van der Waals surface area contributed by atoms with E-state index in [4.69, 9.17) is 0 Å². The lowest BCUT2D eigenvalue weighted by atomic mass is 10.1. The van der Waals surface area contributed by atoms with Crippen LogP contribution < -0.4 is 10.6 Å². The van der Waals surface area contributed by atoms with E-state index in [2.05, 4.69) is 80.6 Å². The number of nitrogens with one attached hydrogen (secondary N) is 2. The largest absolute Gasteiger partial charge is 0.352 e. The molecule has 2 aromatic carbocycles. The summed E-state index contributed by atoms with van der Waals surface area (Å²) in [7, 11) is 1.79. The van der Waals surface area contributed by atoms with Crippen molar-refractivity contribution in [1.82, 2.24) is 20.2 Å². The molecule has 1 heterocycles. The molecule has 0 radical (unpaired) electrons. The first-order valence-corrected chi connectivity index (χ1v) is 9.19. The van der Waals surface area contributed by atoms with Gasteiger partial charge in [0.1, 0.15) is 5.82 Å². The van der Waals surface area contributed by atoms with Crippen LogP contribution in [0.4, 0.5) is 0 Å². The Morgan fingerprint density at radius 2 is 1.67 bits per heavy atom. The summed E-state index contributed by atoms with van der Waals surface area (Å²) < 4.78 is 2.15. The second-order valence-corrected chi connectivity index (χ2v) is 6.69. The Balaban J connectivity index is 1.54. The van der Waals surface area contributed by atoms with Gasteiger partial charge in [-0.1, -0.05) is 54.1 Å². The Morgan fingerprint density at radius 1 is 0.963 bits per heavy atom. The van der Waals surface area contributed by atoms with Crippen molar-refractivity contribution in [3.8, 4) is 0 Å². The van der Waals surface area contributed by atoms with Crippen LogP contribution in [0, 0.1) is 13.8 Å². The Labute approximate surface area is 161 Å². The maximum atomic E-state index is 4.31. The zero-order valence-electron chi connectivity index (χ0n) is 16.2. The van der Waals surface area contributed by atoms with Gasteiger partial charge in [0.2, 0.25) is 0 Å². The molecule has 0 aliphatic carbocycles. The molecule has 0 fully saturated rings. The van der Waals surface area contributed by atoms with Crippen molar-refractivity contribution in [2.75, 3.05) is 7.05 Å². The van der Waals surface area contributed by atoms with Crippen molar-refractivity contribution in [2.24, 2.45) is 4.99 Å². The van der Waals surface area contributed by atoms with Gasteiger partial charge < -0.3 is 15.2 Å². The van der Waals surface area contributed by atoms with E-state index in [0.29, 0.717) is 0 Å². The minimum absolute atomic E-state index is 0.727. The number of nitrogens with zero attached hydrogens (tertiary/aromatic N) is 3. The van der Waals surface area contributed by atoms with E-state index >= 15 is 0 Å². The zero-order chi connectivity index (χ0) is 19.1. The minimum Gasteiger partial charge on any atom is -0.352 e. The third-order valence-corrected chi connectivity index (χ3v) is 4.53. The summed E-state index contributed by atoms with van der Waals surface area (Å²) in [4.78, 5) is 8.60. The third kappa shape index (κ3) is 5.45. The smallest absolute Gasteiger partial charge is 0.191 e. The SMILES string of the molecule is CN=C(NCc1ccc(C)cc1)NCc1cccc(Cn2ccnc2C)c1. The lowest BCUT2D eigenvalue weighted by molar-refractivity contribution is 0.758. The molecule has 0 amide bonds. The third-order valence-electron chi connectivity index (χ3n) is 4.53. The highest BCUT2D eigenvalue weighted by Crippen LogP contribution is 2.09. The molecule has 0 atom stereocenters. The van der Waals surface area contributed by atoms with E-state index in [1.165, 1.54) is 22.3 Å². The maximum Gasteiger partial charge on any atom is 0.191 e. The van der Waals surface area contributed by atoms with Gasteiger partial charge in [-0.05, 0) is 30.5 Å². The van der Waals surface area contributed by atoms with Crippen LogP contribution in [-0.2, 0) is 19.6 Å². The van der Waals surface area contributed by atoms with E-state index in [-0.39, 0.29) is 0 Å². The Kier molecular flexibility index (Phi) is 6.26. The molecule has 5 heteroatoms. The second kappa shape index (κ2) is 9.03. The first kappa shape index (κ1) is 18.7. The highest BCUT2D eigenvalue weighted by Gasteiger charge is 2.02. The molecule has 0 bridgehead atoms. The predicted octanol–water partition coefficient (Wildman–Crippen LogP) is 3.41. The fourth-order valence-corrected chi connectivity index (χ4v) is 2.90. The maximum absolute atomic E-state index is 4.31. The van der Waals surface area contributed by atoms with Crippen molar-refractivity contribution >= 4 is 5.96 Å². The van der Waals surface area contributed by atoms with Gasteiger partial charge in [-0.3, -0.25) is 4.99 Å². The molecule has 2 N–H and O–H groups in total. The van der Waals surface area contributed by atoms with Gasteiger partial charge in [-0.15, -0.1) is 0 Å². The average Bonchev–Trinajstić information content (AvgIpc) is 3.08. The Morgan fingerprint density at radius 3 is 2.33 bits per heavy atom. The van der Waals surface area contributed by atoms with Crippen molar-refractivity contribution in [2.45, 2.75) is 33.5 Å². The lowest BCUT2D eigenvalue weighted by Crippen LogP contribution is -2.36. The molecule has 0 saturated heterocycles. The van der Waals surface area contributed by atoms with Crippen LogP contribution >= 0.6 is 0 Å². The minimum atomic E-state index is 0.727. The number of benzene rings is 2. The molecule has 0 aliphatic rings. The molecule has 0 spiro atoms. The fraction of sp³-hybridized carbons (Fsp3) is 0.273. The number of rotatable bonds is 6. The first-order valence-electron chi connectivity index (χ1n) is 9.19. The number of aromatic nitrogens is 2. The number of imidazole rings is 1. The van der Waals surface area contributed by atoms with Crippen molar-refractivity contribution in [3.05, 3.63) is 89.0 Å². The summed E-state index contributed by atoms with van der Waals surface area (Å²) >= 11 is 0. The van der Waals surface area contributed by atoms with Crippen LogP contribution in [0.5, 0.6) is 0 Å². The first-order chi connectivity index (χ1) is 13.1. The van der Waals surface area contributed by atoms with Crippen molar-refractivity contribution in [3.63, 3.8) is 0 Å². The monoisotopic (exact) mass is 361 g/mol. The van der Waals surface area contributed by atoms with Crippen LogP contribution in [0.3, 0.4) is 0 Å². The zero-order valence-corrected chi connectivity index (χ0v) is 16.2. The summed E-state index contributed by atoms with van der Waals surface area (Å²) in [6, 6.07) is 17.1. The molecule has 5 nitrogen and oxygen atoms in total. The predicted molar refractivity (Wildman–Crippen MR) is 111 cm³/mol. The van der Waals surface area contributed by atoms with E-state index in [1.54, 1.807) is 7.05 Å². The summed E-state index contributed by atoms with van der Waals surface area (Å²) in [5.74, 6) is 1.82. The molecule has 0 saturated carbocycles. The van der Waals surface area contributed by atoms with Gasteiger partial charge in [-0.25, -0.2) is 4.98 Å². The van der Waals surface area contributed by atoms with Gasteiger partial charge in [0.25, 0.3) is 0 Å². The number of aliphatic imine (C=N–C) groups is 1. The topological polar surface area (TPSA) is 54.2 Å². The lowest BCUT2D eigenvalue weighted by Gasteiger charge is -2.13. The van der Waals surface area contributed by atoms with Gasteiger partial charge >= 0.3 is 0 Å². The molecule has 3 aromatic rings. The van der Waals surface area contributed by atoms with Gasteiger partial charge in [0.15, 0.2) is 5.96 Å². The summed E-state index contributed by atoms with van der Waals surface area (Å²) in [6.45, 7) is 6.43. The highest BCUT2D eigenvalue weighted by atomic mass is 15.2. The molecule has 140 valence electrons. The number of hydrogen-bond donors (Lipinski definition) is 2. The second-order valence-electron chi connectivity index (χ2n) is 6.69.